The van der Waals surface area contributed by atoms with Crippen LogP contribution in [-0.4, -0.2) is 30.4 Å². The van der Waals surface area contributed by atoms with Crippen molar-refractivity contribution in [3.63, 3.8) is 0 Å². The van der Waals surface area contributed by atoms with Crippen molar-refractivity contribution in [1.82, 2.24) is 0 Å². The van der Waals surface area contributed by atoms with Crippen LogP contribution in [0.5, 0.6) is 0 Å². The molecule has 68 valence electrons. The Kier molecular flexibility index (Phi) is 3.04. The van der Waals surface area contributed by atoms with Crippen LogP contribution < -0.4 is 0 Å². The number of hydrogen-bond donors (Lipinski definition) is 1. The first kappa shape index (κ1) is 8.99. The molecule has 12 heavy (non-hydrogen) atoms. The summed E-state index contributed by atoms with van der Waals surface area (Å²) >= 11 is 0. The topological polar surface area (TPSA) is 72.8 Å². The molecule has 0 radical (unpaired) electrons. The van der Waals surface area contributed by atoms with Crippen LogP contribution in [0.25, 0.3) is 0 Å². The number of carbonyl (C=O) groups is 2. The van der Waals surface area contributed by atoms with Crippen molar-refractivity contribution in [2.75, 3.05) is 13.2 Å². The quantitative estimate of drug-likeness (QED) is 0.466. The number of carbonyl (C=O) groups excluding carboxylic acids is 1. The number of esters is 1. The first-order valence-electron chi connectivity index (χ1n) is 3.72. The molecule has 1 heterocycles. The van der Waals surface area contributed by atoms with Gasteiger partial charge in [-0.1, -0.05) is 0 Å². The van der Waals surface area contributed by atoms with Gasteiger partial charge in [0, 0.05) is 13.2 Å². The van der Waals surface area contributed by atoms with Crippen molar-refractivity contribution in [3.05, 3.63) is 0 Å². The lowest BCUT2D eigenvalue weighted by Gasteiger charge is -2.18. The Balaban J connectivity index is 2.34. The average molecular weight is 174 g/mol. The molecule has 1 saturated heterocycles. The first-order valence-corrected chi connectivity index (χ1v) is 3.72. The molecule has 0 amide bonds. The monoisotopic (exact) mass is 174 g/mol. The molecule has 5 heteroatoms. The zero-order chi connectivity index (χ0) is 8.97. The van der Waals surface area contributed by atoms with E-state index in [0.717, 1.165) is 0 Å². The Hall–Kier alpha value is -1.10. The molecule has 1 N–H and O–H groups in total. The molecule has 0 unspecified atom stereocenters. The Labute approximate surface area is 69.3 Å². The van der Waals surface area contributed by atoms with Crippen LogP contribution in [0, 0.1) is 5.92 Å². The molecule has 0 aromatic heterocycles. The van der Waals surface area contributed by atoms with Crippen molar-refractivity contribution < 1.29 is 24.2 Å². The molecular weight excluding hydrogens is 164 g/mol. The number of hydrogen-bond acceptors (Lipinski definition) is 4. The van der Waals surface area contributed by atoms with E-state index in [-0.39, 0.29) is 5.92 Å². The van der Waals surface area contributed by atoms with E-state index in [1.54, 1.807) is 0 Å². The van der Waals surface area contributed by atoms with Crippen molar-refractivity contribution in [1.29, 1.82) is 0 Å². The molecular formula is C7H10O5. The Morgan fingerprint density at radius 3 is 2.42 bits per heavy atom. The zero-order valence-corrected chi connectivity index (χ0v) is 6.49. The van der Waals surface area contributed by atoms with Crippen LogP contribution in [-0.2, 0) is 14.3 Å². The minimum absolute atomic E-state index is 0.310. The summed E-state index contributed by atoms with van der Waals surface area (Å²) in [6, 6.07) is 0. The highest BCUT2D eigenvalue weighted by Crippen LogP contribution is 2.15. The molecule has 0 atom stereocenters. The number of carboxylic acid groups (broad SMARTS) is 1. The maximum Gasteiger partial charge on any atom is 0.513 e. The normalized spacial score (nSPS) is 18.7. The Morgan fingerprint density at radius 1 is 1.33 bits per heavy atom. The highest BCUT2D eigenvalue weighted by molar-refractivity contribution is 5.82. The third kappa shape index (κ3) is 2.50. The van der Waals surface area contributed by atoms with Crippen molar-refractivity contribution in [3.8, 4) is 0 Å². The summed E-state index contributed by atoms with van der Waals surface area (Å²) in [6.07, 6.45) is -0.440. The third-order valence-electron chi connectivity index (χ3n) is 1.74. The number of rotatable bonds is 1. The summed E-state index contributed by atoms with van der Waals surface area (Å²) in [5.41, 5.74) is 0. The van der Waals surface area contributed by atoms with Crippen molar-refractivity contribution >= 4 is 12.1 Å². The van der Waals surface area contributed by atoms with E-state index in [1.807, 2.05) is 0 Å². The molecule has 0 spiro atoms. The fourth-order valence-corrected chi connectivity index (χ4v) is 1.10. The zero-order valence-electron chi connectivity index (χ0n) is 6.49. The largest absolute Gasteiger partial charge is 0.513 e. The van der Waals surface area contributed by atoms with E-state index < -0.39 is 12.1 Å². The second kappa shape index (κ2) is 4.06. The molecule has 0 saturated carbocycles. The summed E-state index contributed by atoms with van der Waals surface area (Å²) < 4.78 is 9.01. The van der Waals surface area contributed by atoms with E-state index in [4.69, 9.17) is 9.84 Å². The van der Waals surface area contributed by atoms with Gasteiger partial charge >= 0.3 is 12.1 Å². The third-order valence-corrected chi connectivity index (χ3v) is 1.74. The minimum Gasteiger partial charge on any atom is -0.449 e. The average Bonchev–Trinajstić information content (AvgIpc) is 2.05. The molecule has 0 bridgehead atoms. The van der Waals surface area contributed by atoms with Crippen LogP contribution in [0.15, 0.2) is 0 Å². The van der Waals surface area contributed by atoms with Gasteiger partial charge in [-0.2, -0.15) is 0 Å². The maximum atomic E-state index is 10.9. The summed E-state index contributed by atoms with van der Waals surface area (Å²) in [7, 11) is 0. The second-order valence-electron chi connectivity index (χ2n) is 2.57. The molecule has 1 fully saturated rings. The van der Waals surface area contributed by atoms with Crippen LogP contribution >= 0.6 is 0 Å². The molecule has 1 rings (SSSR count). The lowest BCUT2D eigenvalue weighted by molar-refractivity contribution is -0.146. The van der Waals surface area contributed by atoms with Crippen LogP contribution in [0.4, 0.5) is 4.79 Å². The highest BCUT2D eigenvalue weighted by atomic mass is 16.7. The van der Waals surface area contributed by atoms with Gasteiger partial charge in [0.2, 0.25) is 0 Å². The fourth-order valence-electron chi connectivity index (χ4n) is 1.10. The molecule has 5 nitrogen and oxygen atoms in total. The van der Waals surface area contributed by atoms with E-state index in [9.17, 15) is 9.59 Å². The fraction of sp³-hybridized carbons (Fsp3) is 0.714. The van der Waals surface area contributed by atoms with Crippen LogP contribution in [0.1, 0.15) is 12.8 Å². The SMILES string of the molecule is O=C(O)OC(=O)C1CCOCC1. The van der Waals surface area contributed by atoms with Gasteiger partial charge in [-0.05, 0) is 12.8 Å². The summed E-state index contributed by atoms with van der Waals surface area (Å²) in [4.78, 5) is 20.9. The van der Waals surface area contributed by atoms with E-state index >= 15 is 0 Å². The van der Waals surface area contributed by atoms with E-state index in [1.165, 1.54) is 0 Å². The lowest BCUT2D eigenvalue weighted by atomic mass is 10.0. The molecule has 0 aromatic carbocycles. The van der Waals surface area contributed by atoms with Gasteiger partial charge in [-0.3, -0.25) is 4.79 Å². The van der Waals surface area contributed by atoms with Gasteiger partial charge in [-0.15, -0.1) is 0 Å². The number of ether oxygens (including phenoxy) is 2. The predicted octanol–water partition coefficient (Wildman–Crippen LogP) is 0.634. The summed E-state index contributed by atoms with van der Waals surface area (Å²) in [6.45, 7) is 0.999. The maximum absolute atomic E-state index is 10.9. The minimum atomic E-state index is -1.54. The Bertz CT molecular complexity index is 182. The lowest BCUT2D eigenvalue weighted by Crippen LogP contribution is -2.26. The van der Waals surface area contributed by atoms with Crippen molar-refractivity contribution in [2.45, 2.75) is 12.8 Å². The van der Waals surface area contributed by atoms with Gasteiger partial charge in [0.25, 0.3) is 0 Å². The van der Waals surface area contributed by atoms with E-state index in [2.05, 4.69) is 4.74 Å². The highest BCUT2D eigenvalue weighted by Gasteiger charge is 2.24. The second-order valence-corrected chi connectivity index (χ2v) is 2.57. The van der Waals surface area contributed by atoms with Gasteiger partial charge in [0.05, 0.1) is 5.92 Å². The molecule has 0 aromatic rings. The smallest absolute Gasteiger partial charge is 0.449 e. The summed E-state index contributed by atoms with van der Waals surface area (Å²) in [5.74, 6) is -0.972. The standard InChI is InChI=1S/C7H10O5/c8-6(12-7(9)10)5-1-3-11-4-2-5/h5H,1-4H2,(H,9,10). The molecule has 1 aliphatic rings. The van der Waals surface area contributed by atoms with Gasteiger partial charge < -0.3 is 14.6 Å². The van der Waals surface area contributed by atoms with Gasteiger partial charge in [0.1, 0.15) is 0 Å². The Morgan fingerprint density at radius 2 is 1.92 bits per heavy atom. The van der Waals surface area contributed by atoms with E-state index in [0.29, 0.717) is 26.1 Å². The van der Waals surface area contributed by atoms with Crippen LogP contribution in [0.3, 0.4) is 0 Å². The molecule has 1 aliphatic heterocycles. The van der Waals surface area contributed by atoms with Gasteiger partial charge in [0.15, 0.2) is 0 Å². The van der Waals surface area contributed by atoms with Gasteiger partial charge in [-0.25, -0.2) is 4.79 Å². The predicted molar refractivity (Wildman–Crippen MR) is 37.7 cm³/mol. The molecule has 0 aliphatic carbocycles. The van der Waals surface area contributed by atoms with Crippen LogP contribution in [0.2, 0.25) is 0 Å². The summed E-state index contributed by atoms with van der Waals surface area (Å²) in [5, 5.41) is 8.14. The first-order chi connectivity index (χ1) is 5.70. The van der Waals surface area contributed by atoms with Crippen molar-refractivity contribution in [2.24, 2.45) is 5.92 Å².